The summed E-state index contributed by atoms with van der Waals surface area (Å²) in [5, 5.41) is 9.03. The Kier molecular flexibility index (Phi) is 7.40. The van der Waals surface area contributed by atoms with Crippen molar-refractivity contribution in [1.82, 2.24) is 9.80 Å². The summed E-state index contributed by atoms with van der Waals surface area (Å²) in [5.74, 6) is 0.0337. The average Bonchev–Trinajstić information content (AvgIpc) is 2.65. The summed E-state index contributed by atoms with van der Waals surface area (Å²) in [6, 6.07) is 13.5. The largest absolute Gasteiger partial charge is 0.486 e. The predicted octanol–water partition coefficient (Wildman–Crippen LogP) is 3.52. The fourth-order valence-corrected chi connectivity index (χ4v) is 2.48. The first kappa shape index (κ1) is 21.2. The van der Waals surface area contributed by atoms with E-state index in [-0.39, 0.29) is 11.7 Å². The fourth-order valence-electron chi connectivity index (χ4n) is 2.48. The van der Waals surface area contributed by atoms with Crippen LogP contribution < -0.4 is 9.47 Å². The van der Waals surface area contributed by atoms with Crippen molar-refractivity contribution in [3.05, 3.63) is 59.7 Å². The Balaban J connectivity index is 2.22. The molecule has 0 radical (unpaired) electrons. The molecule has 0 aliphatic rings. The number of amides is 1. The zero-order valence-electron chi connectivity index (χ0n) is 16.6. The van der Waals surface area contributed by atoms with Crippen LogP contribution in [0.4, 0.5) is 4.79 Å². The van der Waals surface area contributed by atoms with Crippen LogP contribution in [0.25, 0.3) is 0 Å². The van der Waals surface area contributed by atoms with Gasteiger partial charge in [0.2, 0.25) is 0 Å². The molecule has 0 saturated carbocycles. The molecule has 1 unspecified atom stereocenters. The van der Waals surface area contributed by atoms with Gasteiger partial charge in [-0.25, -0.2) is 9.59 Å². The summed E-state index contributed by atoms with van der Waals surface area (Å²) >= 11 is 0. The van der Waals surface area contributed by atoms with Gasteiger partial charge < -0.3 is 24.4 Å². The second-order valence-corrected chi connectivity index (χ2v) is 6.86. The predicted molar refractivity (Wildman–Crippen MR) is 106 cm³/mol. The van der Waals surface area contributed by atoms with Gasteiger partial charge in [0, 0.05) is 27.1 Å². The number of hydrogen-bond acceptors (Lipinski definition) is 5. The van der Waals surface area contributed by atoms with Crippen molar-refractivity contribution in [1.29, 1.82) is 0 Å². The van der Waals surface area contributed by atoms with Gasteiger partial charge in [0.05, 0.1) is 5.56 Å². The molecule has 1 atom stereocenters. The molecule has 0 spiro atoms. The van der Waals surface area contributed by atoms with Crippen LogP contribution in [0.5, 0.6) is 11.5 Å². The molecule has 2 aromatic carbocycles. The van der Waals surface area contributed by atoms with E-state index >= 15 is 0 Å². The number of hydrogen-bond donors (Lipinski definition) is 1. The minimum atomic E-state index is -0.980. The van der Waals surface area contributed by atoms with E-state index < -0.39 is 12.1 Å². The van der Waals surface area contributed by atoms with Crippen LogP contribution in [-0.4, -0.2) is 61.7 Å². The zero-order valence-corrected chi connectivity index (χ0v) is 16.6. The summed E-state index contributed by atoms with van der Waals surface area (Å²) in [5.41, 5.74) is 1.07. The number of nitrogens with zero attached hydrogens (tertiary/aromatic N) is 2. The van der Waals surface area contributed by atoms with E-state index in [1.807, 2.05) is 26.2 Å². The zero-order chi connectivity index (χ0) is 20.7. The topological polar surface area (TPSA) is 79.3 Å². The summed E-state index contributed by atoms with van der Waals surface area (Å²) in [6.45, 7) is 0.791. The minimum Gasteiger partial charge on any atom is -0.486 e. The third kappa shape index (κ3) is 6.28. The van der Waals surface area contributed by atoms with Gasteiger partial charge in [0.15, 0.2) is 0 Å². The SMILES string of the molecule is CN(C)CCC(Oc1ccc(C(=O)O)cc1)c1cccc(OC(=O)N(C)C)c1. The van der Waals surface area contributed by atoms with Crippen molar-refractivity contribution in [2.24, 2.45) is 0 Å². The minimum absolute atomic E-state index is 0.204. The lowest BCUT2D eigenvalue weighted by Gasteiger charge is -2.22. The van der Waals surface area contributed by atoms with Crippen molar-refractivity contribution in [3.8, 4) is 11.5 Å². The summed E-state index contributed by atoms with van der Waals surface area (Å²) in [4.78, 5) is 26.2. The molecule has 1 N–H and O–H groups in total. The Morgan fingerprint density at radius 2 is 1.68 bits per heavy atom. The Labute approximate surface area is 165 Å². The van der Waals surface area contributed by atoms with Gasteiger partial charge >= 0.3 is 12.1 Å². The number of rotatable bonds is 8. The molecule has 1 amide bonds. The number of aromatic carboxylic acids is 1. The quantitative estimate of drug-likeness (QED) is 0.748. The lowest BCUT2D eigenvalue weighted by molar-refractivity contribution is 0.0696. The van der Waals surface area contributed by atoms with Crippen LogP contribution in [0.3, 0.4) is 0 Å². The first-order valence-electron chi connectivity index (χ1n) is 8.90. The molecule has 7 nitrogen and oxygen atoms in total. The van der Waals surface area contributed by atoms with E-state index in [0.29, 0.717) is 17.9 Å². The number of carbonyl (C=O) groups excluding carboxylic acids is 1. The second kappa shape index (κ2) is 9.75. The lowest BCUT2D eigenvalue weighted by Crippen LogP contribution is -2.25. The Morgan fingerprint density at radius 3 is 2.25 bits per heavy atom. The highest BCUT2D eigenvalue weighted by Gasteiger charge is 2.16. The highest BCUT2D eigenvalue weighted by atomic mass is 16.6. The molecule has 0 aliphatic heterocycles. The molecule has 2 rings (SSSR count). The first-order chi connectivity index (χ1) is 13.3. The fraction of sp³-hybridized carbons (Fsp3) is 0.333. The van der Waals surface area contributed by atoms with Gasteiger partial charge in [0.25, 0.3) is 0 Å². The molecule has 150 valence electrons. The Bertz CT molecular complexity index is 803. The number of carbonyl (C=O) groups is 2. The summed E-state index contributed by atoms with van der Waals surface area (Å²) in [7, 11) is 7.20. The maximum Gasteiger partial charge on any atom is 0.414 e. The van der Waals surface area contributed by atoms with E-state index in [9.17, 15) is 9.59 Å². The second-order valence-electron chi connectivity index (χ2n) is 6.86. The van der Waals surface area contributed by atoms with E-state index in [4.69, 9.17) is 14.6 Å². The first-order valence-corrected chi connectivity index (χ1v) is 8.90. The van der Waals surface area contributed by atoms with Crippen LogP contribution in [0, 0.1) is 0 Å². The van der Waals surface area contributed by atoms with E-state index in [1.165, 1.54) is 17.0 Å². The smallest absolute Gasteiger partial charge is 0.414 e. The number of benzene rings is 2. The molecular formula is C21H26N2O5. The van der Waals surface area contributed by atoms with E-state index in [2.05, 4.69) is 4.90 Å². The molecule has 0 fully saturated rings. The molecule has 0 aromatic heterocycles. The van der Waals surface area contributed by atoms with Crippen LogP contribution in [0.15, 0.2) is 48.5 Å². The standard InChI is InChI=1S/C21H26N2O5/c1-22(2)13-12-19(27-17-10-8-15(9-11-17)20(24)25)16-6-5-7-18(14-16)28-21(26)23(3)4/h5-11,14,19H,12-13H2,1-4H3,(H,24,25). The van der Waals surface area contributed by atoms with Crippen molar-refractivity contribution < 1.29 is 24.2 Å². The van der Waals surface area contributed by atoms with Gasteiger partial charge in [0.1, 0.15) is 17.6 Å². The Morgan fingerprint density at radius 1 is 1.00 bits per heavy atom. The van der Waals surface area contributed by atoms with Crippen LogP contribution >= 0.6 is 0 Å². The van der Waals surface area contributed by atoms with Gasteiger partial charge in [-0.05, 0) is 56.1 Å². The molecular weight excluding hydrogens is 360 g/mol. The van der Waals surface area contributed by atoms with Crippen molar-refractivity contribution in [2.45, 2.75) is 12.5 Å². The molecule has 0 saturated heterocycles. The van der Waals surface area contributed by atoms with Gasteiger partial charge in [-0.2, -0.15) is 0 Å². The average molecular weight is 386 g/mol. The molecule has 2 aromatic rings. The van der Waals surface area contributed by atoms with E-state index in [1.54, 1.807) is 38.4 Å². The van der Waals surface area contributed by atoms with Gasteiger partial charge in [-0.15, -0.1) is 0 Å². The monoisotopic (exact) mass is 386 g/mol. The lowest BCUT2D eigenvalue weighted by atomic mass is 10.1. The summed E-state index contributed by atoms with van der Waals surface area (Å²) in [6.07, 6.45) is -0.0260. The maximum absolute atomic E-state index is 11.8. The van der Waals surface area contributed by atoms with Crippen LogP contribution in [0.2, 0.25) is 0 Å². The van der Waals surface area contributed by atoms with Crippen molar-refractivity contribution in [3.63, 3.8) is 0 Å². The number of carboxylic acids is 1. The maximum atomic E-state index is 11.8. The summed E-state index contributed by atoms with van der Waals surface area (Å²) < 4.78 is 11.5. The molecule has 0 aliphatic carbocycles. The van der Waals surface area contributed by atoms with Crippen LogP contribution in [0.1, 0.15) is 28.4 Å². The molecule has 7 heteroatoms. The molecule has 0 heterocycles. The van der Waals surface area contributed by atoms with E-state index in [0.717, 1.165) is 12.1 Å². The molecule has 0 bridgehead atoms. The number of carboxylic acid groups (broad SMARTS) is 1. The normalized spacial score (nSPS) is 11.8. The van der Waals surface area contributed by atoms with Gasteiger partial charge in [-0.3, -0.25) is 0 Å². The van der Waals surface area contributed by atoms with Crippen LogP contribution in [-0.2, 0) is 0 Å². The van der Waals surface area contributed by atoms with Gasteiger partial charge in [-0.1, -0.05) is 12.1 Å². The van der Waals surface area contributed by atoms with Crippen molar-refractivity contribution in [2.75, 3.05) is 34.7 Å². The number of ether oxygens (including phenoxy) is 2. The van der Waals surface area contributed by atoms with Crippen molar-refractivity contribution >= 4 is 12.1 Å². The third-order valence-electron chi connectivity index (χ3n) is 4.02. The Hall–Kier alpha value is -3.06. The highest BCUT2D eigenvalue weighted by molar-refractivity contribution is 5.87. The highest BCUT2D eigenvalue weighted by Crippen LogP contribution is 2.28. The molecule has 28 heavy (non-hydrogen) atoms. The third-order valence-corrected chi connectivity index (χ3v) is 4.02.